The molecule has 1 heterocycles. The summed E-state index contributed by atoms with van der Waals surface area (Å²) in [6.07, 6.45) is 1.68. The minimum absolute atomic E-state index is 0.422. The molecule has 0 fully saturated rings. The van der Waals surface area contributed by atoms with E-state index in [1.807, 2.05) is 36.2 Å². The van der Waals surface area contributed by atoms with Crippen LogP contribution < -0.4 is 15.0 Å². The van der Waals surface area contributed by atoms with Crippen LogP contribution in [0.3, 0.4) is 0 Å². The molecule has 2 rings (SSSR count). The van der Waals surface area contributed by atoms with Gasteiger partial charge in [-0.2, -0.15) is 4.98 Å². The summed E-state index contributed by atoms with van der Waals surface area (Å²) in [6.45, 7) is 4.90. The van der Waals surface area contributed by atoms with E-state index in [1.165, 1.54) is 0 Å². The minimum atomic E-state index is 0.422. The van der Waals surface area contributed by atoms with E-state index in [1.54, 1.807) is 13.4 Å². The van der Waals surface area contributed by atoms with Crippen molar-refractivity contribution in [2.75, 3.05) is 19.1 Å². The van der Waals surface area contributed by atoms with Crippen molar-refractivity contribution in [2.24, 2.45) is 0 Å². The lowest BCUT2D eigenvalue weighted by Gasteiger charge is -2.15. The molecule has 0 saturated heterocycles. The van der Waals surface area contributed by atoms with E-state index in [9.17, 15) is 0 Å². The quantitative estimate of drug-likeness (QED) is 0.878. The van der Waals surface area contributed by atoms with Gasteiger partial charge in [0.25, 0.3) is 0 Å². The fraction of sp³-hybridized carbons (Fsp3) is 0.400. The lowest BCUT2D eigenvalue weighted by Crippen LogP contribution is -2.22. The van der Waals surface area contributed by atoms with Gasteiger partial charge < -0.3 is 14.5 Å². The Labute approximate surface area is 119 Å². The van der Waals surface area contributed by atoms with Gasteiger partial charge in [-0.1, -0.05) is 19.9 Å². The van der Waals surface area contributed by atoms with E-state index in [2.05, 4.69) is 24.1 Å². The van der Waals surface area contributed by atoms with Crippen LogP contribution in [0, 0.1) is 0 Å². The molecule has 0 spiro atoms. The predicted molar refractivity (Wildman–Crippen MR) is 79.5 cm³/mol. The van der Waals surface area contributed by atoms with Gasteiger partial charge in [0, 0.05) is 31.4 Å². The smallest absolute Gasteiger partial charge is 0.301 e. The summed E-state index contributed by atoms with van der Waals surface area (Å²) in [4.78, 5) is 6.36. The molecule has 5 nitrogen and oxygen atoms in total. The zero-order valence-electron chi connectivity index (χ0n) is 12.4. The number of aromatic nitrogens is 1. The molecule has 0 radical (unpaired) electrons. The maximum atomic E-state index is 5.52. The Balaban J connectivity index is 2.10. The molecular formula is C15H21N3O2. The first-order valence-electron chi connectivity index (χ1n) is 6.65. The second kappa shape index (κ2) is 6.43. The van der Waals surface area contributed by atoms with Crippen LogP contribution in [0.5, 0.6) is 5.75 Å². The van der Waals surface area contributed by atoms with E-state index in [0.717, 1.165) is 17.1 Å². The van der Waals surface area contributed by atoms with Gasteiger partial charge in [0.05, 0.1) is 12.8 Å². The third kappa shape index (κ3) is 3.51. The van der Waals surface area contributed by atoms with Gasteiger partial charge in [0.2, 0.25) is 0 Å². The van der Waals surface area contributed by atoms with Crippen LogP contribution in [-0.4, -0.2) is 25.2 Å². The molecule has 1 aromatic carbocycles. The fourth-order valence-corrected chi connectivity index (χ4v) is 1.77. The Morgan fingerprint density at radius 3 is 2.90 bits per heavy atom. The summed E-state index contributed by atoms with van der Waals surface area (Å²) in [5, 5.41) is 3.31. The highest BCUT2D eigenvalue weighted by molar-refractivity contribution is 5.57. The van der Waals surface area contributed by atoms with Crippen molar-refractivity contribution in [3.05, 3.63) is 36.2 Å². The summed E-state index contributed by atoms with van der Waals surface area (Å²) in [6, 6.07) is 8.76. The van der Waals surface area contributed by atoms with Crippen LogP contribution in [0.1, 0.15) is 19.5 Å². The third-order valence-electron chi connectivity index (χ3n) is 2.96. The molecule has 0 aliphatic heterocycles. The summed E-state index contributed by atoms with van der Waals surface area (Å²) in [7, 11) is 3.57. The summed E-state index contributed by atoms with van der Waals surface area (Å²) < 4.78 is 10.7. The number of rotatable bonds is 6. The Hall–Kier alpha value is -2.01. The molecule has 0 aliphatic rings. The second-order valence-corrected chi connectivity index (χ2v) is 4.92. The van der Waals surface area contributed by atoms with Gasteiger partial charge >= 0.3 is 6.01 Å². The molecule has 0 amide bonds. The van der Waals surface area contributed by atoms with Crippen molar-refractivity contribution in [1.82, 2.24) is 10.3 Å². The molecule has 5 heteroatoms. The highest BCUT2D eigenvalue weighted by Gasteiger charge is 2.11. The fourth-order valence-electron chi connectivity index (χ4n) is 1.77. The van der Waals surface area contributed by atoms with E-state index in [-0.39, 0.29) is 0 Å². The van der Waals surface area contributed by atoms with Crippen LogP contribution >= 0.6 is 0 Å². The van der Waals surface area contributed by atoms with E-state index < -0.39 is 0 Å². The highest BCUT2D eigenvalue weighted by atomic mass is 16.5. The molecule has 1 N–H and O–H groups in total. The monoisotopic (exact) mass is 275 g/mol. The van der Waals surface area contributed by atoms with E-state index in [0.29, 0.717) is 18.6 Å². The summed E-state index contributed by atoms with van der Waals surface area (Å²) in [5.74, 6) is 0.808. The molecule has 0 bridgehead atoms. The Kier molecular flexibility index (Phi) is 4.63. The van der Waals surface area contributed by atoms with Gasteiger partial charge in [-0.05, 0) is 12.1 Å². The lowest BCUT2D eigenvalue weighted by molar-refractivity contribution is 0.415. The Bertz CT molecular complexity index is 552. The number of oxazole rings is 1. The standard InChI is InChI=1S/C15H21N3O2/c1-11(2)16-9-12-10-20-15(17-12)18(3)13-6-5-7-14(8-13)19-4/h5-8,10-11,16H,9H2,1-4H3. The predicted octanol–water partition coefficient (Wildman–Crippen LogP) is 2.95. The zero-order chi connectivity index (χ0) is 14.5. The van der Waals surface area contributed by atoms with Gasteiger partial charge in [-0.3, -0.25) is 4.90 Å². The number of hydrogen-bond donors (Lipinski definition) is 1. The van der Waals surface area contributed by atoms with Crippen molar-refractivity contribution in [2.45, 2.75) is 26.4 Å². The van der Waals surface area contributed by atoms with Crippen LogP contribution in [0.15, 0.2) is 34.9 Å². The van der Waals surface area contributed by atoms with Crippen LogP contribution in [-0.2, 0) is 6.54 Å². The SMILES string of the molecule is COc1cccc(N(C)c2nc(CNC(C)C)co2)c1. The lowest BCUT2D eigenvalue weighted by atomic mass is 10.3. The van der Waals surface area contributed by atoms with Crippen LogP contribution in [0.2, 0.25) is 0 Å². The molecule has 0 saturated carbocycles. The minimum Gasteiger partial charge on any atom is -0.497 e. The van der Waals surface area contributed by atoms with E-state index in [4.69, 9.17) is 9.15 Å². The van der Waals surface area contributed by atoms with Crippen molar-refractivity contribution in [1.29, 1.82) is 0 Å². The molecule has 0 unspecified atom stereocenters. The molecule has 2 aromatic rings. The van der Waals surface area contributed by atoms with Crippen molar-refractivity contribution < 1.29 is 9.15 Å². The maximum Gasteiger partial charge on any atom is 0.301 e. The first kappa shape index (κ1) is 14.4. The molecule has 108 valence electrons. The van der Waals surface area contributed by atoms with Gasteiger partial charge in [-0.15, -0.1) is 0 Å². The number of ether oxygens (including phenoxy) is 1. The third-order valence-corrected chi connectivity index (χ3v) is 2.96. The van der Waals surface area contributed by atoms with E-state index >= 15 is 0 Å². The number of benzene rings is 1. The Morgan fingerprint density at radius 2 is 2.20 bits per heavy atom. The topological polar surface area (TPSA) is 50.5 Å². The highest BCUT2D eigenvalue weighted by Crippen LogP contribution is 2.26. The van der Waals surface area contributed by atoms with Crippen LogP contribution in [0.25, 0.3) is 0 Å². The average molecular weight is 275 g/mol. The number of methoxy groups -OCH3 is 1. The second-order valence-electron chi connectivity index (χ2n) is 4.92. The normalized spacial score (nSPS) is 10.8. The first-order chi connectivity index (χ1) is 9.60. The molecule has 0 aliphatic carbocycles. The largest absolute Gasteiger partial charge is 0.497 e. The van der Waals surface area contributed by atoms with Gasteiger partial charge in [0.15, 0.2) is 0 Å². The maximum absolute atomic E-state index is 5.52. The molecule has 1 aromatic heterocycles. The van der Waals surface area contributed by atoms with Crippen molar-refractivity contribution in [3.8, 4) is 5.75 Å². The zero-order valence-corrected chi connectivity index (χ0v) is 12.4. The number of nitrogens with zero attached hydrogens (tertiary/aromatic N) is 2. The number of anilines is 2. The number of nitrogens with one attached hydrogen (secondary N) is 1. The number of hydrogen-bond acceptors (Lipinski definition) is 5. The van der Waals surface area contributed by atoms with Crippen LogP contribution in [0.4, 0.5) is 11.7 Å². The molecule has 20 heavy (non-hydrogen) atoms. The van der Waals surface area contributed by atoms with Crippen molar-refractivity contribution in [3.63, 3.8) is 0 Å². The molecular weight excluding hydrogens is 254 g/mol. The molecule has 0 atom stereocenters. The van der Waals surface area contributed by atoms with Gasteiger partial charge in [0.1, 0.15) is 12.0 Å². The Morgan fingerprint density at radius 1 is 1.40 bits per heavy atom. The van der Waals surface area contributed by atoms with Crippen molar-refractivity contribution >= 4 is 11.7 Å². The van der Waals surface area contributed by atoms with Gasteiger partial charge in [-0.25, -0.2) is 0 Å². The summed E-state index contributed by atoms with van der Waals surface area (Å²) >= 11 is 0. The summed E-state index contributed by atoms with van der Waals surface area (Å²) in [5.41, 5.74) is 1.86. The average Bonchev–Trinajstić information content (AvgIpc) is 2.93. The first-order valence-corrected chi connectivity index (χ1v) is 6.65.